The molecule has 0 saturated carbocycles. The molecule has 10 heteroatoms. The Bertz CT molecular complexity index is 1010. The average molecular weight is 429 g/mol. The molecule has 9 nitrogen and oxygen atoms in total. The number of carbonyl (C=O) groups is 2. The summed E-state index contributed by atoms with van der Waals surface area (Å²) in [4.78, 5) is 28.3. The number of hydrogen-bond acceptors (Lipinski definition) is 8. The van der Waals surface area contributed by atoms with Crippen molar-refractivity contribution in [3.05, 3.63) is 36.7 Å². The number of carbonyl (C=O) groups excluding carboxylic acids is 2. The number of fused-ring (bicyclic) bond motifs is 1. The Morgan fingerprint density at radius 2 is 2.07 bits per heavy atom. The van der Waals surface area contributed by atoms with E-state index in [1.807, 2.05) is 26.0 Å². The number of pyridine rings is 1. The van der Waals surface area contributed by atoms with Crippen LogP contribution in [0.5, 0.6) is 0 Å². The quantitative estimate of drug-likeness (QED) is 0.408. The van der Waals surface area contributed by atoms with Gasteiger partial charge >= 0.3 is 5.97 Å². The highest BCUT2D eigenvalue weighted by atomic mass is 32.2. The van der Waals surface area contributed by atoms with Gasteiger partial charge in [-0.2, -0.15) is 9.61 Å². The lowest BCUT2D eigenvalue weighted by Gasteiger charge is -2.21. The molecule has 3 aromatic heterocycles. The first-order valence-corrected chi connectivity index (χ1v) is 10.7. The number of ether oxygens (including phenoxy) is 1. The smallest absolute Gasteiger partial charge is 0.307 e. The standard InChI is InChI=1S/C20H24N6O3S/c1-4-29-19(28)10-15(13(2)3)22-17(27)12-30-18-8-7-16-23-24-20(26(16)25-18)14-6-5-9-21-11-14/h5-9,11,13,15H,4,10,12H2,1-3H3,(H,22,27)/t15-/m0/s1. The van der Waals surface area contributed by atoms with Gasteiger partial charge in [-0.1, -0.05) is 25.6 Å². The van der Waals surface area contributed by atoms with Crippen molar-refractivity contribution in [3.8, 4) is 11.4 Å². The second-order valence-electron chi connectivity index (χ2n) is 6.92. The van der Waals surface area contributed by atoms with Gasteiger partial charge in [0.25, 0.3) is 0 Å². The molecule has 0 bridgehead atoms. The van der Waals surface area contributed by atoms with E-state index in [0.717, 1.165) is 5.56 Å². The molecule has 0 aliphatic rings. The third-order valence-corrected chi connectivity index (χ3v) is 5.27. The molecule has 0 aliphatic carbocycles. The number of aromatic nitrogens is 5. The zero-order chi connectivity index (χ0) is 21.5. The van der Waals surface area contributed by atoms with Crippen LogP contribution in [0.1, 0.15) is 27.2 Å². The largest absolute Gasteiger partial charge is 0.466 e. The lowest BCUT2D eigenvalue weighted by Crippen LogP contribution is -2.41. The van der Waals surface area contributed by atoms with Crippen molar-refractivity contribution in [3.63, 3.8) is 0 Å². The molecule has 3 aromatic rings. The normalized spacial score (nSPS) is 12.1. The fraction of sp³-hybridized carbons (Fsp3) is 0.400. The minimum atomic E-state index is -0.313. The number of thioether (sulfide) groups is 1. The lowest BCUT2D eigenvalue weighted by molar-refractivity contribution is -0.144. The van der Waals surface area contributed by atoms with E-state index in [0.29, 0.717) is 23.1 Å². The number of hydrogen-bond donors (Lipinski definition) is 1. The molecule has 0 aromatic carbocycles. The minimum Gasteiger partial charge on any atom is -0.466 e. The summed E-state index contributed by atoms with van der Waals surface area (Å²) < 4.78 is 6.62. The number of nitrogens with one attached hydrogen (secondary N) is 1. The van der Waals surface area contributed by atoms with Gasteiger partial charge in [0.05, 0.1) is 18.8 Å². The Labute approximate surface area is 178 Å². The third-order valence-electron chi connectivity index (χ3n) is 4.35. The van der Waals surface area contributed by atoms with Crippen molar-refractivity contribution in [1.82, 2.24) is 30.1 Å². The summed E-state index contributed by atoms with van der Waals surface area (Å²) >= 11 is 1.30. The van der Waals surface area contributed by atoms with Crippen molar-refractivity contribution >= 4 is 29.3 Å². The Balaban J connectivity index is 1.65. The first-order valence-electron chi connectivity index (χ1n) is 9.68. The number of amides is 1. The fourth-order valence-electron chi connectivity index (χ4n) is 2.76. The predicted molar refractivity (Wildman–Crippen MR) is 113 cm³/mol. The maximum absolute atomic E-state index is 12.4. The summed E-state index contributed by atoms with van der Waals surface area (Å²) in [5.74, 6) is 0.388. The molecule has 0 spiro atoms. The van der Waals surface area contributed by atoms with Gasteiger partial charge in [-0.15, -0.1) is 10.2 Å². The van der Waals surface area contributed by atoms with E-state index in [2.05, 4.69) is 25.6 Å². The summed E-state index contributed by atoms with van der Waals surface area (Å²) in [5, 5.41) is 16.4. The maximum atomic E-state index is 12.4. The third kappa shape index (κ3) is 5.53. The van der Waals surface area contributed by atoms with Crippen LogP contribution < -0.4 is 5.32 Å². The molecule has 1 atom stereocenters. The maximum Gasteiger partial charge on any atom is 0.307 e. The molecule has 3 heterocycles. The molecular weight excluding hydrogens is 404 g/mol. The molecule has 3 rings (SSSR count). The zero-order valence-electron chi connectivity index (χ0n) is 17.1. The van der Waals surface area contributed by atoms with Crippen LogP contribution in [-0.2, 0) is 14.3 Å². The highest BCUT2D eigenvalue weighted by Gasteiger charge is 2.20. The van der Waals surface area contributed by atoms with Crippen LogP contribution in [0.15, 0.2) is 41.7 Å². The summed E-state index contributed by atoms with van der Waals surface area (Å²) in [5.41, 5.74) is 1.41. The first-order chi connectivity index (χ1) is 14.5. The van der Waals surface area contributed by atoms with E-state index in [1.165, 1.54) is 11.8 Å². The highest BCUT2D eigenvalue weighted by Crippen LogP contribution is 2.20. The highest BCUT2D eigenvalue weighted by molar-refractivity contribution is 7.99. The van der Waals surface area contributed by atoms with E-state index in [-0.39, 0.29) is 36.0 Å². The van der Waals surface area contributed by atoms with E-state index >= 15 is 0 Å². The molecule has 158 valence electrons. The Morgan fingerprint density at radius 3 is 2.77 bits per heavy atom. The van der Waals surface area contributed by atoms with Gasteiger partial charge in [0.1, 0.15) is 5.03 Å². The second kappa shape index (κ2) is 10.1. The van der Waals surface area contributed by atoms with Gasteiger partial charge in [-0.05, 0) is 37.1 Å². The molecule has 0 fully saturated rings. The SMILES string of the molecule is CCOC(=O)C[C@H](NC(=O)CSc1ccc2nnc(-c3cccnc3)n2n1)C(C)C. The van der Waals surface area contributed by atoms with E-state index in [1.54, 1.807) is 36.0 Å². The van der Waals surface area contributed by atoms with Gasteiger partial charge in [-0.3, -0.25) is 14.6 Å². The van der Waals surface area contributed by atoms with Gasteiger partial charge in [0.2, 0.25) is 5.91 Å². The van der Waals surface area contributed by atoms with Crippen LogP contribution >= 0.6 is 11.8 Å². The number of rotatable bonds is 9. The van der Waals surface area contributed by atoms with Crippen LogP contribution in [0.25, 0.3) is 17.0 Å². The van der Waals surface area contributed by atoms with Crippen LogP contribution in [0, 0.1) is 5.92 Å². The Hall–Kier alpha value is -3.01. The average Bonchev–Trinajstić information content (AvgIpc) is 3.16. The minimum absolute atomic E-state index is 0.108. The molecule has 0 unspecified atom stereocenters. The summed E-state index contributed by atoms with van der Waals surface area (Å²) in [6, 6.07) is 7.03. The van der Waals surface area contributed by atoms with Crippen LogP contribution in [0.4, 0.5) is 0 Å². The zero-order valence-corrected chi connectivity index (χ0v) is 17.9. The van der Waals surface area contributed by atoms with Crippen molar-refractivity contribution in [1.29, 1.82) is 0 Å². The lowest BCUT2D eigenvalue weighted by atomic mass is 10.0. The van der Waals surface area contributed by atoms with Gasteiger partial charge in [-0.25, -0.2) is 0 Å². The molecule has 0 radical (unpaired) electrons. The van der Waals surface area contributed by atoms with E-state index in [9.17, 15) is 9.59 Å². The molecule has 1 amide bonds. The summed E-state index contributed by atoms with van der Waals surface area (Å²) in [6.07, 6.45) is 3.54. The fourth-order valence-corrected chi connectivity index (χ4v) is 3.43. The van der Waals surface area contributed by atoms with Gasteiger partial charge in [0.15, 0.2) is 11.5 Å². The molecule has 0 aliphatic heterocycles. The second-order valence-corrected chi connectivity index (χ2v) is 7.92. The molecule has 1 N–H and O–H groups in total. The Kier molecular flexibility index (Phi) is 7.34. The van der Waals surface area contributed by atoms with Crippen molar-refractivity contribution in [2.24, 2.45) is 5.92 Å². The predicted octanol–water partition coefficient (Wildman–Crippen LogP) is 2.37. The molecular formula is C20H24N6O3S. The number of nitrogens with zero attached hydrogens (tertiary/aromatic N) is 5. The van der Waals surface area contributed by atoms with Crippen LogP contribution in [0.2, 0.25) is 0 Å². The molecule has 30 heavy (non-hydrogen) atoms. The van der Waals surface area contributed by atoms with Crippen LogP contribution in [-0.4, -0.2) is 55.1 Å². The van der Waals surface area contributed by atoms with Crippen molar-refractivity contribution in [2.45, 2.75) is 38.3 Å². The van der Waals surface area contributed by atoms with Crippen LogP contribution in [0.3, 0.4) is 0 Å². The molecule has 0 saturated heterocycles. The summed E-state index contributed by atoms with van der Waals surface area (Å²) in [7, 11) is 0. The van der Waals surface area contributed by atoms with Crippen molar-refractivity contribution in [2.75, 3.05) is 12.4 Å². The first kappa shape index (κ1) is 21.7. The summed E-state index contributed by atoms with van der Waals surface area (Å²) in [6.45, 7) is 6.00. The van der Waals surface area contributed by atoms with Gasteiger partial charge in [0, 0.05) is 24.0 Å². The van der Waals surface area contributed by atoms with E-state index < -0.39 is 0 Å². The van der Waals surface area contributed by atoms with Gasteiger partial charge < -0.3 is 10.1 Å². The number of esters is 1. The Morgan fingerprint density at radius 1 is 1.23 bits per heavy atom. The topological polar surface area (TPSA) is 111 Å². The van der Waals surface area contributed by atoms with E-state index in [4.69, 9.17) is 4.74 Å². The monoisotopic (exact) mass is 428 g/mol. The van der Waals surface area contributed by atoms with Crippen molar-refractivity contribution < 1.29 is 14.3 Å².